The molecule has 9 heteroatoms. The number of ether oxygens (including phenoxy) is 3. The Hall–Kier alpha value is -3.10. The SMILES string of the molecule is O=C(CNc1cccc(OC(F)(F)F)c1)NCc1ccc2c(c1)OCO2. The molecular formula is C17H15F3N2O4. The first kappa shape index (κ1) is 17.7. The Balaban J connectivity index is 1.47. The molecule has 1 aliphatic rings. The zero-order valence-corrected chi connectivity index (χ0v) is 13.4. The predicted octanol–water partition coefficient (Wildman–Crippen LogP) is 3.04. The van der Waals surface area contributed by atoms with E-state index in [4.69, 9.17) is 9.47 Å². The molecule has 138 valence electrons. The van der Waals surface area contributed by atoms with Crippen LogP contribution in [0.2, 0.25) is 0 Å². The Morgan fingerprint density at radius 3 is 2.73 bits per heavy atom. The standard InChI is InChI=1S/C17H15F3N2O4/c18-17(19,20)26-13-3-1-2-12(7-13)21-9-16(23)22-8-11-4-5-14-15(6-11)25-10-24-14/h1-7,21H,8-10H2,(H,22,23). The lowest BCUT2D eigenvalue weighted by Crippen LogP contribution is -2.29. The molecule has 0 unspecified atom stereocenters. The lowest BCUT2D eigenvalue weighted by molar-refractivity contribution is -0.274. The minimum absolute atomic E-state index is 0.0972. The highest BCUT2D eigenvalue weighted by atomic mass is 19.4. The average Bonchev–Trinajstić information content (AvgIpc) is 3.04. The van der Waals surface area contributed by atoms with E-state index in [0.717, 1.165) is 5.56 Å². The second-order valence-corrected chi connectivity index (χ2v) is 5.39. The Morgan fingerprint density at radius 2 is 1.92 bits per heavy atom. The number of alkyl halides is 3. The van der Waals surface area contributed by atoms with Gasteiger partial charge < -0.3 is 24.8 Å². The lowest BCUT2D eigenvalue weighted by atomic mass is 10.2. The molecule has 1 aliphatic heterocycles. The number of nitrogens with one attached hydrogen (secondary N) is 2. The molecule has 0 radical (unpaired) electrons. The Morgan fingerprint density at radius 1 is 1.12 bits per heavy atom. The third-order valence-corrected chi connectivity index (χ3v) is 3.45. The summed E-state index contributed by atoms with van der Waals surface area (Å²) in [7, 11) is 0. The van der Waals surface area contributed by atoms with Gasteiger partial charge in [-0.1, -0.05) is 12.1 Å². The number of carbonyl (C=O) groups excluding carboxylic acids is 1. The zero-order valence-electron chi connectivity index (χ0n) is 13.4. The molecule has 0 atom stereocenters. The predicted molar refractivity (Wildman–Crippen MR) is 86.0 cm³/mol. The Bertz CT molecular complexity index is 796. The minimum atomic E-state index is -4.76. The summed E-state index contributed by atoms with van der Waals surface area (Å²) < 4.78 is 50.9. The molecule has 0 aliphatic carbocycles. The molecule has 0 fully saturated rings. The fourth-order valence-electron chi connectivity index (χ4n) is 2.30. The third-order valence-electron chi connectivity index (χ3n) is 3.45. The van der Waals surface area contributed by atoms with E-state index < -0.39 is 6.36 Å². The smallest absolute Gasteiger partial charge is 0.454 e. The molecule has 0 saturated carbocycles. The number of rotatable bonds is 6. The van der Waals surface area contributed by atoms with Gasteiger partial charge in [-0.2, -0.15) is 0 Å². The van der Waals surface area contributed by atoms with Gasteiger partial charge in [0.25, 0.3) is 0 Å². The molecule has 3 rings (SSSR count). The van der Waals surface area contributed by atoms with Gasteiger partial charge in [0.15, 0.2) is 11.5 Å². The van der Waals surface area contributed by atoms with Crippen molar-refractivity contribution in [3.05, 3.63) is 48.0 Å². The second-order valence-electron chi connectivity index (χ2n) is 5.39. The van der Waals surface area contributed by atoms with Crippen LogP contribution in [0.3, 0.4) is 0 Å². The maximum Gasteiger partial charge on any atom is 0.573 e. The molecule has 0 bridgehead atoms. The van der Waals surface area contributed by atoms with Crippen LogP contribution < -0.4 is 24.8 Å². The largest absolute Gasteiger partial charge is 0.573 e. The Kier molecular flexibility index (Phi) is 5.06. The monoisotopic (exact) mass is 368 g/mol. The average molecular weight is 368 g/mol. The van der Waals surface area contributed by atoms with Crippen molar-refractivity contribution in [3.8, 4) is 17.2 Å². The van der Waals surface area contributed by atoms with E-state index >= 15 is 0 Å². The number of hydrogen-bond acceptors (Lipinski definition) is 5. The summed E-state index contributed by atoms with van der Waals surface area (Å²) in [5.74, 6) is 0.604. The number of benzene rings is 2. The van der Waals surface area contributed by atoms with Crippen LogP contribution in [-0.2, 0) is 11.3 Å². The van der Waals surface area contributed by atoms with E-state index in [1.54, 1.807) is 18.2 Å². The van der Waals surface area contributed by atoms with Crippen LogP contribution in [0.25, 0.3) is 0 Å². The summed E-state index contributed by atoms with van der Waals surface area (Å²) in [5.41, 5.74) is 1.17. The molecule has 26 heavy (non-hydrogen) atoms. The summed E-state index contributed by atoms with van der Waals surface area (Å²) in [6.45, 7) is 0.362. The fourth-order valence-corrected chi connectivity index (χ4v) is 2.30. The summed E-state index contributed by atoms with van der Waals surface area (Å²) in [6.07, 6.45) is -4.76. The first-order valence-corrected chi connectivity index (χ1v) is 7.64. The van der Waals surface area contributed by atoms with Crippen LogP contribution in [0.1, 0.15) is 5.56 Å². The van der Waals surface area contributed by atoms with Crippen LogP contribution in [0, 0.1) is 0 Å². The number of amides is 1. The molecule has 2 aromatic carbocycles. The summed E-state index contributed by atoms with van der Waals surface area (Å²) in [5, 5.41) is 5.45. The fraction of sp³-hybridized carbons (Fsp3) is 0.235. The number of halogens is 3. The van der Waals surface area contributed by atoms with E-state index in [2.05, 4.69) is 15.4 Å². The zero-order chi connectivity index (χ0) is 18.6. The first-order chi connectivity index (χ1) is 12.4. The van der Waals surface area contributed by atoms with Crippen molar-refractivity contribution in [2.75, 3.05) is 18.7 Å². The highest BCUT2D eigenvalue weighted by molar-refractivity contribution is 5.80. The van der Waals surface area contributed by atoms with E-state index in [-0.39, 0.29) is 31.5 Å². The first-order valence-electron chi connectivity index (χ1n) is 7.64. The van der Waals surface area contributed by atoms with Gasteiger partial charge in [0.2, 0.25) is 12.7 Å². The van der Waals surface area contributed by atoms with Crippen LogP contribution >= 0.6 is 0 Å². The van der Waals surface area contributed by atoms with Crippen LogP contribution in [0.4, 0.5) is 18.9 Å². The van der Waals surface area contributed by atoms with Crippen LogP contribution in [-0.4, -0.2) is 25.6 Å². The summed E-state index contributed by atoms with van der Waals surface area (Å²) in [6, 6.07) is 10.6. The van der Waals surface area contributed by atoms with E-state index in [0.29, 0.717) is 17.2 Å². The third kappa shape index (κ3) is 4.95. The second kappa shape index (κ2) is 7.42. The van der Waals surface area contributed by atoms with E-state index in [9.17, 15) is 18.0 Å². The quantitative estimate of drug-likeness (QED) is 0.820. The molecule has 0 aromatic heterocycles. The molecule has 1 heterocycles. The maximum atomic E-state index is 12.2. The van der Waals surface area contributed by atoms with Gasteiger partial charge in [-0.05, 0) is 29.8 Å². The van der Waals surface area contributed by atoms with E-state index in [1.165, 1.54) is 24.3 Å². The number of fused-ring (bicyclic) bond motifs is 1. The summed E-state index contributed by atoms with van der Waals surface area (Å²) in [4.78, 5) is 11.9. The van der Waals surface area contributed by atoms with Crippen molar-refractivity contribution >= 4 is 11.6 Å². The van der Waals surface area contributed by atoms with Gasteiger partial charge in [0.05, 0.1) is 6.54 Å². The van der Waals surface area contributed by atoms with Gasteiger partial charge in [-0.25, -0.2) is 0 Å². The van der Waals surface area contributed by atoms with Crippen LogP contribution in [0.15, 0.2) is 42.5 Å². The van der Waals surface area contributed by atoms with E-state index in [1.807, 2.05) is 0 Å². The molecule has 1 amide bonds. The molecule has 2 N–H and O–H groups in total. The normalized spacial score (nSPS) is 12.6. The van der Waals surface area contributed by atoms with Crippen molar-refractivity contribution < 1.29 is 32.2 Å². The lowest BCUT2D eigenvalue weighted by Gasteiger charge is -2.11. The van der Waals surface area contributed by atoms with Crippen molar-refractivity contribution in [3.63, 3.8) is 0 Å². The topological polar surface area (TPSA) is 68.8 Å². The van der Waals surface area contributed by atoms with Crippen molar-refractivity contribution in [1.29, 1.82) is 0 Å². The van der Waals surface area contributed by atoms with Gasteiger partial charge >= 0.3 is 6.36 Å². The van der Waals surface area contributed by atoms with Crippen LogP contribution in [0.5, 0.6) is 17.2 Å². The number of hydrogen-bond donors (Lipinski definition) is 2. The summed E-state index contributed by atoms with van der Waals surface area (Å²) >= 11 is 0. The highest BCUT2D eigenvalue weighted by Gasteiger charge is 2.31. The van der Waals surface area contributed by atoms with Gasteiger partial charge in [-0.15, -0.1) is 13.2 Å². The molecule has 0 spiro atoms. The minimum Gasteiger partial charge on any atom is -0.454 e. The molecule has 0 saturated heterocycles. The Labute approximate surface area is 146 Å². The van der Waals surface area contributed by atoms with Crippen molar-refractivity contribution in [2.24, 2.45) is 0 Å². The van der Waals surface area contributed by atoms with Crippen molar-refractivity contribution in [2.45, 2.75) is 12.9 Å². The molecule has 2 aromatic rings. The molecule has 6 nitrogen and oxygen atoms in total. The maximum absolute atomic E-state index is 12.2. The van der Waals surface area contributed by atoms with Crippen molar-refractivity contribution in [1.82, 2.24) is 5.32 Å². The molecular weight excluding hydrogens is 353 g/mol. The number of anilines is 1. The van der Waals surface area contributed by atoms with Gasteiger partial charge in [0, 0.05) is 18.3 Å². The van der Waals surface area contributed by atoms with Gasteiger partial charge in [0.1, 0.15) is 5.75 Å². The highest BCUT2D eigenvalue weighted by Crippen LogP contribution is 2.32. The number of carbonyl (C=O) groups is 1. The van der Waals surface area contributed by atoms with Gasteiger partial charge in [-0.3, -0.25) is 4.79 Å².